The van der Waals surface area contributed by atoms with Crippen molar-refractivity contribution in [3.8, 4) is 0 Å². The molecule has 0 amide bonds. The van der Waals surface area contributed by atoms with Gasteiger partial charge < -0.3 is 10.1 Å². The van der Waals surface area contributed by atoms with Crippen molar-refractivity contribution in [2.45, 2.75) is 44.0 Å². The van der Waals surface area contributed by atoms with Crippen LogP contribution in [-0.4, -0.2) is 45.1 Å². The molecule has 6 nitrogen and oxygen atoms in total. The van der Waals surface area contributed by atoms with Gasteiger partial charge in [-0.25, -0.2) is 14.4 Å². The summed E-state index contributed by atoms with van der Waals surface area (Å²) in [4.78, 5) is 8.38. The summed E-state index contributed by atoms with van der Waals surface area (Å²) in [6, 6.07) is 10.2. The third-order valence-electron chi connectivity index (χ3n) is 4.87. The second kappa shape index (κ2) is 7.78. The number of anilines is 1. The van der Waals surface area contributed by atoms with E-state index in [0.717, 1.165) is 18.2 Å². The number of alkyl halides is 1. The second-order valence-electron chi connectivity index (χ2n) is 6.67. The molecule has 1 aromatic carbocycles. The molecule has 2 N–H and O–H groups in total. The van der Waals surface area contributed by atoms with Crippen LogP contribution in [0.1, 0.15) is 24.8 Å². The van der Waals surface area contributed by atoms with Crippen molar-refractivity contribution in [1.29, 1.82) is 0 Å². The van der Waals surface area contributed by atoms with E-state index in [-0.39, 0.29) is 12.1 Å². The number of benzene rings is 1. The van der Waals surface area contributed by atoms with E-state index < -0.39 is 6.17 Å². The Kier molecular flexibility index (Phi) is 5.06. The molecular weight excluding hydrogens is 333 g/mol. The highest BCUT2D eigenvalue weighted by Gasteiger charge is 2.31. The SMILES string of the molecule is FC1CC(Nc2ncnc3[nH]ncc23)CCC1OCCc1ccccc1. The van der Waals surface area contributed by atoms with Crippen LogP contribution in [0.5, 0.6) is 0 Å². The molecule has 4 rings (SSSR count). The van der Waals surface area contributed by atoms with Crippen LogP contribution in [0.25, 0.3) is 11.0 Å². The van der Waals surface area contributed by atoms with E-state index in [1.165, 1.54) is 11.9 Å². The number of nitrogens with zero attached hydrogens (tertiary/aromatic N) is 3. The standard InChI is InChI=1S/C19H22FN5O/c20-16-10-14(24-18-15-11-23-25-19(15)22-12-21-18)6-7-17(16)26-9-8-13-4-2-1-3-5-13/h1-5,11-12,14,16-17H,6-10H2,(H2,21,22,23,24,25). The average molecular weight is 355 g/mol. The Hall–Kier alpha value is -2.54. The molecule has 2 aromatic heterocycles. The van der Waals surface area contributed by atoms with Crippen LogP contribution < -0.4 is 5.32 Å². The fraction of sp³-hybridized carbons (Fsp3) is 0.421. The van der Waals surface area contributed by atoms with Crippen molar-refractivity contribution in [1.82, 2.24) is 20.2 Å². The number of ether oxygens (including phenoxy) is 1. The summed E-state index contributed by atoms with van der Waals surface area (Å²) in [5.41, 5.74) is 1.89. The van der Waals surface area contributed by atoms with Crippen LogP contribution in [0.2, 0.25) is 0 Å². The summed E-state index contributed by atoms with van der Waals surface area (Å²) in [6.45, 7) is 0.550. The summed E-state index contributed by atoms with van der Waals surface area (Å²) in [5.74, 6) is 0.699. The lowest BCUT2D eigenvalue weighted by Crippen LogP contribution is -2.39. The number of aromatic amines is 1. The first-order chi connectivity index (χ1) is 12.8. The third-order valence-corrected chi connectivity index (χ3v) is 4.87. The van der Waals surface area contributed by atoms with E-state index in [4.69, 9.17) is 4.74 Å². The number of aromatic nitrogens is 4. The van der Waals surface area contributed by atoms with E-state index >= 15 is 0 Å². The summed E-state index contributed by atoms with van der Waals surface area (Å²) in [6.07, 6.45) is 4.64. The Bertz CT molecular complexity index is 840. The van der Waals surface area contributed by atoms with Crippen molar-refractivity contribution in [3.63, 3.8) is 0 Å². The minimum atomic E-state index is -0.973. The van der Waals surface area contributed by atoms with Gasteiger partial charge in [0.05, 0.1) is 24.3 Å². The Morgan fingerprint density at radius 2 is 2.08 bits per heavy atom. The number of rotatable bonds is 6. The maximum absolute atomic E-state index is 14.6. The number of halogens is 1. The topological polar surface area (TPSA) is 75.7 Å². The Morgan fingerprint density at radius 1 is 1.19 bits per heavy atom. The number of fused-ring (bicyclic) bond motifs is 1. The summed E-state index contributed by atoms with van der Waals surface area (Å²) >= 11 is 0. The minimum Gasteiger partial charge on any atom is -0.375 e. The first kappa shape index (κ1) is 16.9. The van der Waals surface area contributed by atoms with Gasteiger partial charge >= 0.3 is 0 Å². The maximum Gasteiger partial charge on any atom is 0.160 e. The van der Waals surface area contributed by atoms with E-state index in [0.29, 0.717) is 30.9 Å². The first-order valence-corrected chi connectivity index (χ1v) is 9.00. The zero-order valence-electron chi connectivity index (χ0n) is 14.4. The zero-order chi connectivity index (χ0) is 17.8. The largest absolute Gasteiger partial charge is 0.375 e. The molecule has 26 heavy (non-hydrogen) atoms. The van der Waals surface area contributed by atoms with Crippen LogP contribution >= 0.6 is 0 Å². The summed E-state index contributed by atoms with van der Waals surface area (Å²) in [7, 11) is 0. The lowest BCUT2D eigenvalue weighted by Gasteiger charge is -2.32. The molecule has 2 heterocycles. The molecule has 1 aliphatic carbocycles. The van der Waals surface area contributed by atoms with Crippen LogP contribution in [0.4, 0.5) is 10.2 Å². The molecule has 7 heteroatoms. The molecule has 0 saturated heterocycles. The van der Waals surface area contributed by atoms with E-state index in [1.54, 1.807) is 6.20 Å². The normalized spacial score (nSPS) is 23.2. The monoisotopic (exact) mass is 355 g/mol. The maximum atomic E-state index is 14.6. The van der Waals surface area contributed by atoms with Crippen LogP contribution in [0.15, 0.2) is 42.9 Å². The van der Waals surface area contributed by atoms with E-state index in [9.17, 15) is 4.39 Å². The number of nitrogens with one attached hydrogen (secondary N) is 2. The third kappa shape index (κ3) is 3.83. The molecule has 3 unspecified atom stereocenters. The van der Waals surface area contributed by atoms with Crippen LogP contribution in [0.3, 0.4) is 0 Å². The van der Waals surface area contributed by atoms with Gasteiger partial charge in [0.25, 0.3) is 0 Å². The molecule has 0 spiro atoms. The van der Waals surface area contributed by atoms with Gasteiger partial charge in [-0.3, -0.25) is 5.10 Å². The first-order valence-electron chi connectivity index (χ1n) is 9.00. The molecule has 1 saturated carbocycles. The fourth-order valence-electron chi connectivity index (χ4n) is 3.45. The second-order valence-corrected chi connectivity index (χ2v) is 6.67. The van der Waals surface area contributed by atoms with Gasteiger partial charge in [0.2, 0.25) is 0 Å². The highest BCUT2D eigenvalue weighted by Crippen LogP contribution is 2.28. The van der Waals surface area contributed by atoms with Crippen LogP contribution in [-0.2, 0) is 11.2 Å². The van der Waals surface area contributed by atoms with E-state index in [1.807, 2.05) is 18.2 Å². The molecule has 1 fully saturated rings. The lowest BCUT2D eigenvalue weighted by molar-refractivity contribution is -0.0252. The van der Waals surface area contributed by atoms with Gasteiger partial charge in [-0.15, -0.1) is 0 Å². The van der Waals surface area contributed by atoms with Gasteiger partial charge in [0.15, 0.2) is 5.65 Å². The van der Waals surface area contributed by atoms with Gasteiger partial charge in [0.1, 0.15) is 18.3 Å². The van der Waals surface area contributed by atoms with Gasteiger partial charge in [-0.1, -0.05) is 30.3 Å². The number of hydrogen-bond donors (Lipinski definition) is 2. The average Bonchev–Trinajstić information content (AvgIpc) is 3.14. The Morgan fingerprint density at radius 3 is 2.92 bits per heavy atom. The highest BCUT2D eigenvalue weighted by atomic mass is 19.1. The zero-order valence-corrected chi connectivity index (χ0v) is 14.4. The van der Waals surface area contributed by atoms with E-state index in [2.05, 4.69) is 37.6 Å². The highest BCUT2D eigenvalue weighted by molar-refractivity contribution is 5.85. The molecule has 3 atom stereocenters. The number of hydrogen-bond acceptors (Lipinski definition) is 5. The lowest BCUT2D eigenvalue weighted by atomic mass is 9.91. The van der Waals surface area contributed by atoms with Crippen molar-refractivity contribution >= 4 is 16.9 Å². The van der Waals surface area contributed by atoms with Gasteiger partial charge in [0, 0.05) is 12.5 Å². The predicted molar refractivity (Wildman–Crippen MR) is 97.7 cm³/mol. The summed E-state index contributed by atoms with van der Waals surface area (Å²) < 4.78 is 20.4. The van der Waals surface area contributed by atoms with Gasteiger partial charge in [-0.2, -0.15) is 5.10 Å². The Balaban J connectivity index is 1.29. The molecule has 1 aliphatic rings. The quantitative estimate of drug-likeness (QED) is 0.710. The number of H-pyrrole nitrogens is 1. The predicted octanol–water partition coefficient (Wildman–Crippen LogP) is 3.28. The van der Waals surface area contributed by atoms with Crippen molar-refractivity contribution < 1.29 is 9.13 Å². The molecule has 0 aliphatic heterocycles. The molecular formula is C19H22FN5O. The van der Waals surface area contributed by atoms with Gasteiger partial charge in [-0.05, 0) is 24.8 Å². The van der Waals surface area contributed by atoms with Crippen molar-refractivity contribution in [3.05, 3.63) is 48.4 Å². The molecule has 136 valence electrons. The summed E-state index contributed by atoms with van der Waals surface area (Å²) in [5, 5.41) is 11.0. The fourth-order valence-corrected chi connectivity index (χ4v) is 3.45. The molecule has 0 radical (unpaired) electrons. The van der Waals surface area contributed by atoms with Crippen molar-refractivity contribution in [2.75, 3.05) is 11.9 Å². The Labute approximate surface area is 151 Å². The van der Waals surface area contributed by atoms with Crippen LogP contribution in [0, 0.1) is 0 Å². The molecule has 3 aromatic rings. The minimum absolute atomic E-state index is 0.0342. The van der Waals surface area contributed by atoms with Crippen molar-refractivity contribution in [2.24, 2.45) is 0 Å². The molecule has 0 bridgehead atoms. The smallest absolute Gasteiger partial charge is 0.160 e.